The minimum atomic E-state index is -0.427. The van der Waals surface area contributed by atoms with Crippen LogP contribution in [0.3, 0.4) is 0 Å². The van der Waals surface area contributed by atoms with E-state index >= 15 is 0 Å². The van der Waals surface area contributed by atoms with Crippen LogP contribution in [0.25, 0.3) is 17.0 Å². The molecule has 0 aliphatic carbocycles. The van der Waals surface area contributed by atoms with Gasteiger partial charge in [0, 0.05) is 29.2 Å². The van der Waals surface area contributed by atoms with Gasteiger partial charge in [-0.15, -0.1) is 0 Å². The van der Waals surface area contributed by atoms with Crippen LogP contribution in [0.15, 0.2) is 70.4 Å². The number of benzene rings is 2. The van der Waals surface area contributed by atoms with Crippen LogP contribution in [-0.2, 0) is 11.3 Å². The number of thioether (sulfide) groups is 1. The van der Waals surface area contributed by atoms with E-state index in [1.165, 1.54) is 16.8 Å². The fraction of sp³-hybridized carbons (Fsp3) is 0.130. The third kappa shape index (κ3) is 3.83. The van der Waals surface area contributed by atoms with E-state index in [9.17, 15) is 4.79 Å². The van der Waals surface area contributed by atoms with Crippen LogP contribution in [0.5, 0.6) is 5.75 Å². The number of carbonyl (C=O) groups is 1. The maximum Gasteiger partial charge on any atom is 0.283 e. The molecule has 0 atom stereocenters. The van der Waals surface area contributed by atoms with E-state index in [1.807, 2.05) is 48.7 Å². The predicted octanol–water partition coefficient (Wildman–Crippen LogP) is 5.01. The molecule has 0 saturated carbocycles. The van der Waals surface area contributed by atoms with E-state index < -0.39 is 5.91 Å². The third-order valence-corrected chi connectivity index (χ3v) is 6.14. The molecular weight excluding hydrogens is 446 g/mol. The first-order valence-electron chi connectivity index (χ1n) is 10.00. The van der Waals surface area contributed by atoms with Crippen molar-refractivity contribution in [3.05, 3.63) is 70.9 Å². The number of hydrazone groups is 1. The first-order chi connectivity index (χ1) is 15.6. The zero-order chi connectivity index (χ0) is 22.1. The molecule has 7 nitrogen and oxygen atoms in total. The highest BCUT2D eigenvalue weighted by molar-refractivity contribution is 8.25. The smallest absolute Gasteiger partial charge is 0.283 e. The van der Waals surface area contributed by atoms with E-state index in [2.05, 4.69) is 14.7 Å². The average Bonchev–Trinajstić information content (AvgIpc) is 3.40. The molecule has 2 aliphatic rings. The maximum atomic E-state index is 12.5. The molecule has 1 amide bonds. The normalized spacial score (nSPS) is 16.7. The minimum Gasteiger partial charge on any atom is -0.492 e. The molecule has 1 N–H and O–H groups in total. The lowest BCUT2D eigenvalue weighted by Crippen LogP contribution is -2.35. The number of para-hydroxylation sites is 2. The zero-order valence-corrected chi connectivity index (χ0v) is 18.4. The van der Waals surface area contributed by atoms with Crippen molar-refractivity contribution in [3.8, 4) is 5.75 Å². The van der Waals surface area contributed by atoms with Gasteiger partial charge in [0.15, 0.2) is 11.0 Å². The Hall–Kier alpha value is -3.36. The monoisotopic (exact) mass is 463 g/mol. The van der Waals surface area contributed by atoms with Crippen molar-refractivity contribution in [2.24, 2.45) is 10.1 Å². The number of hydrogen-bond donors (Lipinski definition) is 1. The number of ether oxygens (including phenoxy) is 1. The van der Waals surface area contributed by atoms with Crippen LogP contribution in [0.4, 0.5) is 0 Å². The van der Waals surface area contributed by atoms with Gasteiger partial charge in [-0.2, -0.15) is 15.1 Å². The SMILES string of the molecule is N=C1/C(=C/c2cn(CCCOc3ccccc3Cl)c3ccccc23)C(=O)N=C2SC=NN12. The molecule has 0 bridgehead atoms. The number of halogens is 1. The quantitative estimate of drug-likeness (QED) is 0.411. The Morgan fingerprint density at radius 3 is 2.84 bits per heavy atom. The number of carbonyl (C=O) groups excluding carboxylic acids is 1. The summed E-state index contributed by atoms with van der Waals surface area (Å²) in [5.41, 5.74) is 3.69. The molecule has 2 aliphatic heterocycles. The molecular formula is C23H18ClN5O2S. The van der Waals surface area contributed by atoms with Crippen LogP contribution in [0, 0.1) is 5.41 Å². The van der Waals surface area contributed by atoms with Crippen molar-refractivity contribution in [2.75, 3.05) is 6.61 Å². The summed E-state index contributed by atoms with van der Waals surface area (Å²) in [5, 5.41) is 15.9. The van der Waals surface area contributed by atoms with Gasteiger partial charge in [-0.1, -0.05) is 41.9 Å². The van der Waals surface area contributed by atoms with Crippen LogP contribution in [0.2, 0.25) is 5.02 Å². The van der Waals surface area contributed by atoms with Crippen LogP contribution in [-0.4, -0.2) is 38.6 Å². The highest BCUT2D eigenvalue weighted by Crippen LogP contribution is 2.28. The largest absolute Gasteiger partial charge is 0.492 e. The van der Waals surface area contributed by atoms with Gasteiger partial charge in [-0.05, 0) is 42.5 Å². The molecule has 32 heavy (non-hydrogen) atoms. The number of nitrogens with zero attached hydrogens (tertiary/aromatic N) is 4. The number of nitrogens with one attached hydrogen (secondary N) is 1. The van der Waals surface area contributed by atoms with Crippen molar-refractivity contribution in [1.29, 1.82) is 5.41 Å². The Kier molecular flexibility index (Phi) is 5.55. The lowest BCUT2D eigenvalue weighted by molar-refractivity contribution is -0.114. The molecule has 3 heterocycles. The van der Waals surface area contributed by atoms with Gasteiger partial charge in [0.05, 0.1) is 22.7 Å². The topological polar surface area (TPSA) is 83.0 Å². The standard InChI is InChI=1S/C23H18ClN5O2S/c24-18-7-2-4-9-20(18)31-11-5-10-28-13-15(16-6-1-3-8-19(16)28)12-17-21(25)29-23(27-22(17)30)32-14-26-29/h1-4,6-9,12-14,25H,5,10-11H2/b17-12-,25-21?. The summed E-state index contributed by atoms with van der Waals surface area (Å²) in [5.74, 6) is 0.282. The number of amides is 1. The first kappa shape index (κ1) is 20.5. The van der Waals surface area contributed by atoms with Gasteiger partial charge in [0.1, 0.15) is 5.75 Å². The van der Waals surface area contributed by atoms with E-state index in [-0.39, 0.29) is 11.4 Å². The van der Waals surface area contributed by atoms with Gasteiger partial charge < -0.3 is 9.30 Å². The Morgan fingerprint density at radius 2 is 1.97 bits per heavy atom. The second kappa shape index (κ2) is 8.64. The van der Waals surface area contributed by atoms with Crippen LogP contribution < -0.4 is 4.74 Å². The van der Waals surface area contributed by atoms with Gasteiger partial charge in [-0.25, -0.2) is 0 Å². The van der Waals surface area contributed by atoms with Crippen molar-refractivity contribution in [2.45, 2.75) is 13.0 Å². The number of fused-ring (bicyclic) bond motifs is 2. The number of aryl methyl sites for hydroxylation is 1. The molecule has 1 aromatic heterocycles. The average molecular weight is 464 g/mol. The predicted molar refractivity (Wildman–Crippen MR) is 130 cm³/mol. The molecule has 160 valence electrons. The summed E-state index contributed by atoms with van der Waals surface area (Å²) < 4.78 is 7.93. The fourth-order valence-corrected chi connectivity index (χ4v) is 4.45. The molecule has 5 rings (SSSR count). The Bertz CT molecular complexity index is 1330. The van der Waals surface area contributed by atoms with Crippen molar-refractivity contribution in [1.82, 2.24) is 9.58 Å². The molecule has 0 saturated heterocycles. The second-order valence-corrected chi connectivity index (χ2v) is 8.40. The van der Waals surface area contributed by atoms with E-state index in [1.54, 1.807) is 17.7 Å². The van der Waals surface area contributed by atoms with Gasteiger partial charge in [-0.3, -0.25) is 10.2 Å². The number of amidine groups is 2. The lowest BCUT2D eigenvalue weighted by atomic mass is 10.1. The zero-order valence-electron chi connectivity index (χ0n) is 16.9. The Labute approximate surface area is 193 Å². The fourth-order valence-electron chi connectivity index (χ4n) is 3.65. The summed E-state index contributed by atoms with van der Waals surface area (Å²) in [6.45, 7) is 1.26. The highest BCUT2D eigenvalue weighted by atomic mass is 35.5. The first-order valence-corrected chi connectivity index (χ1v) is 11.3. The number of rotatable bonds is 6. The Balaban J connectivity index is 1.38. The number of aromatic nitrogens is 1. The molecule has 3 aromatic rings. The van der Waals surface area contributed by atoms with Crippen molar-refractivity contribution >= 4 is 62.8 Å². The van der Waals surface area contributed by atoms with Gasteiger partial charge in [0.25, 0.3) is 5.91 Å². The molecule has 2 aromatic carbocycles. The summed E-state index contributed by atoms with van der Waals surface area (Å²) in [4.78, 5) is 16.6. The van der Waals surface area contributed by atoms with E-state index in [0.717, 1.165) is 29.4 Å². The summed E-state index contributed by atoms with van der Waals surface area (Å²) in [7, 11) is 0. The maximum absolute atomic E-state index is 12.5. The van der Waals surface area contributed by atoms with Crippen LogP contribution >= 0.6 is 23.4 Å². The van der Waals surface area contributed by atoms with Gasteiger partial charge >= 0.3 is 0 Å². The highest BCUT2D eigenvalue weighted by Gasteiger charge is 2.32. The third-order valence-electron chi connectivity index (χ3n) is 5.15. The molecule has 0 spiro atoms. The number of aliphatic imine (C=N–C) groups is 1. The van der Waals surface area contributed by atoms with Crippen molar-refractivity contribution in [3.63, 3.8) is 0 Å². The molecule has 0 radical (unpaired) electrons. The van der Waals surface area contributed by atoms with Crippen LogP contribution in [0.1, 0.15) is 12.0 Å². The second-order valence-electron chi connectivity index (χ2n) is 7.18. The number of hydrogen-bond acceptors (Lipinski definition) is 5. The summed E-state index contributed by atoms with van der Waals surface area (Å²) >= 11 is 7.38. The molecule has 0 unspecified atom stereocenters. The van der Waals surface area contributed by atoms with Crippen molar-refractivity contribution < 1.29 is 9.53 Å². The van der Waals surface area contributed by atoms with E-state index in [0.29, 0.717) is 22.5 Å². The molecule has 9 heteroatoms. The van der Waals surface area contributed by atoms with Gasteiger partial charge in [0.2, 0.25) is 0 Å². The lowest BCUT2D eigenvalue weighted by Gasteiger charge is -2.20. The minimum absolute atomic E-state index is 0.0335. The van der Waals surface area contributed by atoms with E-state index in [4.69, 9.17) is 21.7 Å². The molecule has 0 fully saturated rings. The Morgan fingerprint density at radius 1 is 1.16 bits per heavy atom. The summed E-state index contributed by atoms with van der Waals surface area (Å²) in [6, 6.07) is 15.4. The summed E-state index contributed by atoms with van der Waals surface area (Å²) in [6.07, 6.45) is 4.50.